The highest BCUT2D eigenvalue weighted by molar-refractivity contribution is 5.95. The molecule has 0 aliphatic rings. The molecule has 5 amide bonds. The van der Waals surface area contributed by atoms with Gasteiger partial charge in [0.25, 0.3) is 0 Å². The van der Waals surface area contributed by atoms with Crippen LogP contribution < -0.4 is 49.5 Å². The number of hydrogen-bond donors (Lipinski definition) is 12. The number of nitrogens with zero attached hydrogens (tertiary/aromatic N) is 1. The zero-order valence-corrected chi connectivity index (χ0v) is 25.9. The van der Waals surface area contributed by atoms with Crippen molar-refractivity contribution in [2.24, 2.45) is 27.9 Å². The number of aliphatic hydroxyl groups is 1. The molecule has 0 aromatic heterocycles. The van der Waals surface area contributed by atoms with Gasteiger partial charge in [-0.05, 0) is 56.3 Å². The number of benzene rings is 1. The van der Waals surface area contributed by atoms with Gasteiger partial charge in [-0.25, -0.2) is 0 Å². The number of carbonyl (C=O) groups excluding carboxylic acids is 5. The molecule has 0 radical (unpaired) electrons. The molecule has 0 saturated carbocycles. The summed E-state index contributed by atoms with van der Waals surface area (Å²) in [4.78, 5) is 79.2. The van der Waals surface area contributed by atoms with Gasteiger partial charge >= 0.3 is 5.97 Å². The smallest absolute Gasteiger partial charge is 0.322 e. The highest BCUT2D eigenvalue weighted by Gasteiger charge is 2.30. The SMILES string of the molecule is NCCCCC(NC(=O)C(Cc1ccc(O)cc1)NC(=O)C(CCCN=C(N)N)NC(=O)CNC(=O)C(N)CO)C(=O)NCC(=O)O. The first-order valence-electron chi connectivity index (χ1n) is 14.8. The summed E-state index contributed by atoms with van der Waals surface area (Å²) in [6.07, 6.45) is 1.21. The summed E-state index contributed by atoms with van der Waals surface area (Å²) >= 11 is 0. The van der Waals surface area contributed by atoms with Crippen LogP contribution in [0, 0.1) is 0 Å². The van der Waals surface area contributed by atoms with Crippen LogP contribution in [0.4, 0.5) is 0 Å². The van der Waals surface area contributed by atoms with Crippen molar-refractivity contribution in [1.29, 1.82) is 0 Å². The van der Waals surface area contributed by atoms with E-state index in [-0.39, 0.29) is 43.9 Å². The molecule has 19 heteroatoms. The molecule has 4 unspecified atom stereocenters. The van der Waals surface area contributed by atoms with Crippen molar-refractivity contribution >= 4 is 41.5 Å². The van der Waals surface area contributed by atoms with Crippen LogP contribution in [0.2, 0.25) is 0 Å². The number of carbonyl (C=O) groups is 6. The number of aromatic hydroxyl groups is 1. The number of unbranched alkanes of at least 4 members (excludes halogenated alkanes) is 1. The Kier molecular flexibility index (Phi) is 18.5. The minimum absolute atomic E-state index is 0.00527. The van der Waals surface area contributed by atoms with Gasteiger partial charge in [0.2, 0.25) is 29.5 Å². The molecule has 1 aromatic rings. The summed E-state index contributed by atoms with van der Waals surface area (Å²) in [6.45, 7) is -1.47. The van der Waals surface area contributed by atoms with Gasteiger partial charge in [-0.15, -0.1) is 0 Å². The van der Waals surface area contributed by atoms with Gasteiger partial charge in [0, 0.05) is 13.0 Å². The number of amides is 5. The number of hydrogen-bond acceptors (Lipinski definition) is 11. The maximum absolute atomic E-state index is 13.6. The number of phenols is 1. The van der Waals surface area contributed by atoms with Crippen molar-refractivity contribution in [3.8, 4) is 5.75 Å². The minimum atomic E-state index is -1.31. The summed E-state index contributed by atoms with van der Waals surface area (Å²) < 4.78 is 0. The monoisotopic (exact) mass is 666 g/mol. The minimum Gasteiger partial charge on any atom is -0.508 e. The molecule has 1 rings (SSSR count). The fourth-order valence-corrected chi connectivity index (χ4v) is 4.07. The molecular formula is C28H46N10O9. The zero-order chi connectivity index (χ0) is 35.4. The van der Waals surface area contributed by atoms with E-state index in [0.717, 1.165) is 0 Å². The molecule has 0 heterocycles. The highest BCUT2D eigenvalue weighted by Crippen LogP contribution is 2.13. The molecule has 0 aliphatic carbocycles. The number of carboxylic acids is 1. The number of aliphatic imine (C=N–C) groups is 1. The van der Waals surface area contributed by atoms with Crippen LogP contribution in [-0.4, -0.2) is 114 Å². The number of phenolic OH excluding ortho intramolecular Hbond substituents is 1. The van der Waals surface area contributed by atoms with Crippen LogP contribution in [0.25, 0.3) is 0 Å². The van der Waals surface area contributed by atoms with E-state index in [9.17, 15) is 33.9 Å². The Morgan fingerprint density at radius 3 is 1.94 bits per heavy atom. The number of carboxylic acid groups (broad SMARTS) is 1. The average molecular weight is 667 g/mol. The van der Waals surface area contributed by atoms with Gasteiger partial charge in [-0.2, -0.15) is 0 Å². The Labute approximate surface area is 271 Å². The van der Waals surface area contributed by atoms with Gasteiger partial charge in [-0.1, -0.05) is 12.1 Å². The molecule has 0 fully saturated rings. The predicted molar refractivity (Wildman–Crippen MR) is 169 cm³/mol. The van der Waals surface area contributed by atoms with Crippen molar-refractivity contribution in [1.82, 2.24) is 26.6 Å². The van der Waals surface area contributed by atoms with Gasteiger partial charge in [0.05, 0.1) is 13.2 Å². The topological polar surface area (TPSA) is 340 Å². The molecule has 47 heavy (non-hydrogen) atoms. The summed E-state index contributed by atoms with van der Waals surface area (Å²) in [5.74, 6) is -5.41. The standard InChI is InChI=1S/C28H46N10O9/c29-10-2-1-4-19(25(45)35-14-23(42)43)37-27(47)21(12-16-6-8-17(40)9-7-16)38-26(46)20(5-3-11-33-28(31)32)36-22(41)13-34-24(44)18(30)15-39/h6-9,18-21,39-40H,1-5,10-15,29-30H2,(H,34,44)(H,35,45)(H,36,41)(H,37,47)(H,38,46)(H,42,43)(H4,31,32,33). The Hall–Kier alpha value is -5.01. The van der Waals surface area contributed by atoms with E-state index in [4.69, 9.17) is 33.1 Å². The Morgan fingerprint density at radius 2 is 1.34 bits per heavy atom. The van der Waals surface area contributed by atoms with Crippen molar-refractivity contribution in [2.75, 3.05) is 32.8 Å². The van der Waals surface area contributed by atoms with E-state index in [2.05, 4.69) is 31.6 Å². The van der Waals surface area contributed by atoms with E-state index in [1.807, 2.05) is 0 Å². The fourth-order valence-electron chi connectivity index (χ4n) is 4.07. The van der Waals surface area contributed by atoms with Gasteiger partial charge in [0.15, 0.2) is 5.96 Å². The molecule has 0 spiro atoms. The number of guanidine groups is 1. The fraction of sp³-hybridized carbons (Fsp3) is 0.536. The quantitative estimate of drug-likeness (QED) is 0.0314. The molecule has 0 aliphatic heterocycles. The molecule has 4 atom stereocenters. The van der Waals surface area contributed by atoms with Crippen LogP contribution in [0.3, 0.4) is 0 Å². The van der Waals surface area contributed by atoms with Crippen LogP contribution in [0.1, 0.15) is 37.7 Å². The van der Waals surface area contributed by atoms with Crippen LogP contribution in [0.5, 0.6) is 5.75 Å². The van der Waals surface area contributed by atoms with E-state index in [0.29, 0.717) is 24.9 Å². The van der Waals surface area contributed by atoms with Crippen LogP contribution in [0.15, 0.2) is 29.3 Å². The second-order valence-electron chi connectivity index (χ2n) is 10.5. The van der Waals surface area contributed by atoms with Crippen LogP contribution >= 0.6 is 0 Å². The first-order valence-corrected chi connectivity index (χ1v) is 14.8. The Bertz CT molecular complexity index is 1230. The number of aliphatic carboxylic acids is 1. The second kappa shape index (κ2) is 21.7. The van der Waals surface area contributed by atoms with Gasteiger partial charge in [0.1, 0.15) is 36.5 Å². The molecule has 1 aromatic carbocycles. The maximum Gasteiger partial charge on any atom is 0.322 e. The lowest BCUT2D eigenvalue weighted by Gasteiger charge is -2.25. The van der Waals surface area contributed by atoms with E-state index < -0.39 is 79.4 Å². The van der Waals surface area contributed by atoms with Crippen molar-refractivity contribution in [3.63, 3.8) is 0 Å². The molecule has 0 bridgehead atoms. The molecular weight excluding hydrogens is 620 g/mol. The lowest BCUT2D eigenvalue weighted by molar-refractivity contribution is -0.138. The number of aliphatic hydroxyl groups excluding tert-OH is 1. The normalized spacial score (nSPS) is 13.2. The second-order valence-corrected chi connectivity index (χ2v) is 10.5. The summed E-state index contributed by atoms with van der Waals surface area (Å²) in [7, 11) is 0. The third kappa shape index (κ3) is 16.8. The summed E-state index contributed by atoms with van der Waals surface area (Å²) in [6, 6.07) is 0.839. The summed E-state index contributed by atoms with van der Waals surface area (Å²) in [5, 5.41) is 39.8. The highest BCUT2D eigenvalue weighted by atomic mass is 16.4. The molecule has 0 saturated heterocycles. The predicted octanol–water partition coefficient (Wildman–Crippen LogP) is -4.79. The number of nitrogens with two attached hydrogens (primary N) is 4. The Morgan fingerprint density at radius 1 is 0.766 bits per heavy atom. The third-order valence-electron chi connectivity index (χ3n) is 6.56. The summed E-state index contributed by atoms with van der Waals surface area (Å²) in [5.41, 5.74) is 22.2. The molecule has 19 nitrogen and oxygen atoms in total. The van der Waals surface area contributed by atoms with Crippen molar-refractivity contribution in [3.05, 3.63) is 29.8 Å². The van der Waals surface area contributed by atoms with Crippen molar-refractivity contribution < 1.29 is 44.1 Å². The third-order valence-corrected chi connectivity index (χ3v) is 6.56. The van der Waals surface area contributed by atoms with E-state index >= 15 is 0 Å². The molecule has 16 N–H and O–H groups in total. The van der Waals surface area contributed by atoms with Gasteiger partial charge in [-0.3, -0.25) is 33.8 Å². The van der Waals surface area contributed by atoms with Gasteiger partial charge < -0.3 is 64.8 Å². The maximum atomic E-state index is 13.6. The van der Waals surface area contributed by atoms with Crippen molar-refractivity contribution in [2.45, 2.75) is 62.7 Å². The lowest BCUT2D eigenvalue weighted by Crippen LogP contribution is -2.58. The zero-order valence-electron chi connectivity index (χ0n) is 25.9. The van der Waals surface area contributed by atoms with E-state index in [1.165, 1.54) is 24.3 Å². The number of nitrogens with one attached hydrogen (secondary N) is 5. The Balaban J connectivity index is 3.24. The molecule has 262 valence electrons. The first-order chi connectivity index (χ1) is 22.3. The largest absolute Gasteiger partial charge is 0.508 e. The van der Waals surface area contributed by atoms with Crippen LogP contribution in [-0.2, 0) is 35.2 Å². The first kappa shape index (κ1) is 40.0. The number of rotatable bonds is 22. The van der Waals surface area contributed by atoms with E-state index in [1.54, 1.807) is 0 Å². The lowest BCUT2D eigenvalue weighted by atomic mass is 10.0. The average Bonchev–Trinajstić information content (AvgIpc) is 3.03.